The molecule has 1 N–H and O–H groups in total. The van der Waals surface area contributed by atoms with Gasteiger partial charge in [-0.15, -0.1) is 6.58 Å². The van der Waals surface area contributed by atoms with Gasteiger partial charge in [0.2, 0.25) is 11.8 Å². The van der Waals surface area contributed by atoms with Crippen LogP contribution < -0.4 is 10.2 Å². The van der Waals surface area contributed by atoms with Crippen LogP contribution in [0.25, 0.3) is 5.69 Å². The predicted octanol–water partition coefficient (Wildman–Crippen LogP) is 4.00. The quantitative estimate of drug-likeness (QED) is 0.654. The molecule has 2 amide bonds. The molecule has 1 aromatic heterocycles. The van der Waals surface area contributed by atoms with Crippen molar-refractivity contribution in [1.29, 1.82) is 0 Å². The van der Waals surface area contributed by atoms with E-state index in [-0.39, 0.29) is 18.2 Å². The molecule has 30 heavy (non-hydrogen) atoms. The number of nitrogens with zero attached hydrogens (tertiary/aromatic N) is 3. The fraction of sp³-hybridized carbons (Fsp3) is 0.174. The molecule has 2 aliphatic rings. The molecule has 0 saturated carbocycles. The normalized spacial score (nSPS) is 19.6. The molecule has 0 bridgehead atoms. The first-order valence-corrected chi connectivity index (χ1v) is 10.0. The Bertz CT molecular complexity index is 1230. The van der Waals surface area contributed by atoms with E-state index in [4.69, 9.17) is 11.6 Å². The fourth-order valence-electron chi connectivity index (χ4n) is 4.64. The number of halogens is 1. The lowest BCUT2D eigenvalue weighted by atomic mass is 9.71. The van der Waals surface area contributed by atoms with Crippen molar-refractivity contribution in [2.24, 2.45) is 0 Å². The fourth-order valence-corrected chi connectivity index (χ4v) is 4.86. The summed E-state index contributed by atoms with van der Waals surface area (Å²) in [5, 5.41) is 7.92. The summed E-state index contributed by atoms with van der Waals surface area (Å²) in [6.07, 6.45) is 3.39. The summed E-state index contributed by atoms with van der Waals surface area (Å²) < 4.78 is 1.59. The van der Waals surface area contributed by atoms with E-state index in [1.54, 1.807) is 27.9 Å². The second-order valence-electron chi connectivity index (χ2n) is 7.58. The molecule has 2 aromatic carbocycles. The lowest BCUT2D eigenvalue weighted by Crippen LogP contribution is -2.46. The summed E-state index contributed by atoms with van der Waals surface area (Å²) in [4.78, 5) is 28.4. The van der Waals surface area contributed by atoms with Gasteiger partial charge in [-0.25, -0.2) is 4.68 Å². The van der Waals surface area contributed by atoms with Crippen LogP contribution in [0.5, 0.6) is 0 Å². The van der Waals surface area contributed by atoms with E-state index in [1.807, 2.05) is 43.3 Å². The van der Waals surface area contributed by atoms with Crippen LogP contribution in [0, 0.1) is 6.92 Å². The lowest BCUT2D eigenvalue weighted by molar-refractivity contribution is -0.126. The maximum atomic E-state index is 13.8. The van der Waals surface area contributed by atoms with E-state index in [1.165, 1.54) is 0 Å². The Morgan fingerprint density at radius 3 is 2.77 bits per heavy atom. The van der Waals surface area contributed by atoms with Crippen LogP contribution in [0.15, 0.2) is 61.3 Å². The second-order valence-corrected chi connectivity index (χ2v) is 7.98. The van der Waals surface area contributed by atoms with Crippen LogP contribution in [0.1, 0.15) is 23.1 Å². The summed E-state index contributed by atoms with van der Waals surface area (Å²) in [5.74, 6) is 0.0969. The Kier molecular flexibility index (Phi) is 4.08. The SMILES string of the molecule is C=CCN1C(=O)[C@]2(CC(=O)Nc3c2cnn3-c2ccccc2Cl)c2cccc(C)c21. The van der Waals surface area contributed by atoms with E-state index in [9.17, 15) is 9.59 Å². The minimum Gasteiger partial charge on any atom is -0.310 e. The number of anilines is 2. The molecule has 2 aliphatic heterocycles. The molecule has 0 saturated heterocycles. The minimum atomic E-state index is -1.12. The summed E-state index contributed by atoms with van der Waals surface area (Å²) in [6.45, 7) is 6.14. The van der Waals surface area contributed by atoms with E-state index in [0.29, 0.717) is 28.6 Å². The van der Waals surface area contributed by atoms with Crippen molar-refractivity contribution >= 4 is 34.9 Å². The first-order valence-electron chi connectivity index (χ1n) is 9.65. The molecule has 0 aliphatic carbocycles. The van der Waals surface area contributed by atoms with Gasteiger partial charge < -0.3 is 10.2 Å². The molecular weight excluding hydrogens is 400 g/mol. The highest BCUT2D eigenvalue weighted by Gasteiger charge is 2.57. The van der Waals surface area contributed by atoms with Gasteiger partial charge in [-0.05, 0) is 30.2 Å². The highest BCUT2D eigenvalue weighted by atomic mass is 35.5. The second kappa shape index (κ2) is 6.57. The number of aryl methyl sites for hydroxylation is 1. The van der Waals surface area contributed by atoms with E-state index in [2.05, 4.69) is 17.0 Å². The maximum absolute atomic E-state index is 13.8. The van der Waals surface area contributed by atoms with Crippen molar-refractivity contribution in [3.8, 4) is 5.69 Å². The topological polar surface area (TPSA) is 67.2 Å². The Balaban J connectivity index is 1.80. The number of nitrogens with one attached hydrogen (secondary N) is 1. The van der Waals surface area contributed by atoms with Crippen LogP contribution >= 0.6 is 11.6 Å². The third kappa shape index (κ3) is 2.34. The number of carbonyl (C=O) groups is 2. The first kappa shape index (κ1) is 18.6. The number of hydrogen-bond donors (Lipinski definition) is 1. The zero-order valence-corrected chi connectivity index (χ0v) is 17.1. The van der Waals surface area contributed by atoms with Gasteiger partial charge in [0.05, 0.1) is 22.6 Å². The molecule has 0 unspecified atom stereocenters. The number of aromatic nitrogens is 2. The minimum absolute atomic E-state index is 0.0249. The average molecular weight is 419 g/mol. The molecule has 3 aromatic rings. The van der Waals surface area contributed by atoms with Gasteiger partial charge in [-0.2, -0.15) is 5.10 Å². The molecule has 7 heteroatoms. The third-order valence-corrected chi connectivity index (χ3v) is 6.20. The zero-order valence-electron chi connectivity index (χ0n) is 16.4. The van der Waals surface area contributed by atoms with E-state index < -0.39 is 5.41 Å². The molecule has 150 valence electrons. The van der Waals surface area contributed by atoms with Crippen LogP contribution in [0.3, 0.4) is 0 Å². The average Bonchev–Trinajstić information content (AvgIpc) is 3.24. The number of benzene rings is 2. The Hall–Kier alpha value is -3.38. The van der Waals surface area contributed by atoms with Crippen LogP contribution in [-0.2, 0) is 15.0 Å². The number of amides is 2. The van der Waals surface area contributed by atoms with Gasteiger partial charge in [0, 0.05) is 18.5 Å². The molecule has 1 spiro atoms. The van der Waals surface area contributed by atoms with Crippen molar-refractivity contribution in [2.75, 3.05) is 16.8 Å². The van der Waals surface area contributed by atoms with Crippen molar-refractivity contribution in [2.45, 2.75) is 18.8 Å². The van der Waals surface area contributed by atoms with Crippen molar-refractivity contribution < 1.29 is 9.59 Å². The van der Waals surface area contributed by atoms with Gasteiger partial charge in [-0.1, -0.05) is 48.0 Å². The Morgan fingerprint density at radius 1 is 1.20 bits per heavy atom. The number of hydrogen-bond acceptors (Lipinski definition) is 3. The summed E-state index contributed by atoms with van der Waals surface area (Å²) in [5.41, 5.74) is 2.83. The summed E-state index contributed by atoms with van der Waals surface area (Å²) in [6, 6.07) is 13.1. The zero-order chi connectivity index (χ0) is 21.0. The first-order chi connectivity index (χ1) is 14.5. The van der Waals surface area contributed by atoms with Gasteiger partial charge >= 0.3 is 0 Å². The predicted molar refractivity (Wildman–Crippen MR) is 116 cm³/mol. The van der Waals surface area contributed by atoms with E-state index in [0.717, 1.165) is 16.8 Å². The van der Waals surface area contributed by atoms with Crippen LogP contribution in [-0.4, -0.2) is 28.1 Å². The lowest BCUT2D eigenvalue weighted by Gasteiger charge is -2.32. The maximum Gasteiger partial charge on any atom is 0.243 e. The standard InChI is InChI=1S/C23H19ClN4O2/c1-3-11-27-20-14(2)7-6-8-15(20)23(22(27)30)12-19(29)26-21-16(23)13-25-28(21)18-10-5-4-9-17(18)24/h3-10,13H,1,11-12H2,2H3,(H,26,29)/t23-/m1/s1. The molecule has 0 fully saturated rings. The highest BCUT2D eigenvalue weighted by molar-refractivity contribution is 6.32. The summed E-state index contributed by atoms with van der Waals surface area (Å²) in [7, 11) is 0. The number of para-hydroxylation sites is 2. The van der Waals surface area contributed by atoms with Crippen molar-refractivity contribution in [1.82, 2.24) is 9.78 Å². The summed E-state index contributed by atoms with van der Waals surface area (Å²) >= 11 is 6.38. The van der Waals surface area contributed by atoms with Crippen molar-refractivity contribution in [3.05, 3.63) is 83.0 Å². The van der Waals surface area contributed by atoms with E-state index >= 15 is 0 Å². The molecule has 5 rings (SSSR count). The van der Waals surface area contributed by atoms with Crippen LogP contribution in [0.2, 0.25) is 5.02 Å². The van der Waals surface area contributed by atoms with Gasteiger partial charge in [-0.3, -0.25) is 9.59 Å². The molecule has 0 radical (unpaired) electrons. The van der Waals surface area contributed by atoms with Gasteiger partial charge in [0.15, 0.2) is 0 Å². The Labute approximate surface area is 178 Å². The number of carbonyl (C=O) groups excluding carboxylic acids is 2. The smallest absolute Gasteiger partial charge is 0.243 e. The Morgan fingerprint density at radius 2 is 2.00 bits per heavy atom. The molecule has 1 atom stereocenters. The monoisotopic (exact) mass is 418 g/mol. The number of rotatable bonds is 3. The van der Waals surface area contributed by atoms with Crippen LogP contribution in [0.4, 0.5) is 11.5 Å². The molecular formula is C23H19ClN4O2. The highest BCUT2D eigenvalue weighted by Crippen LogP contribution is 2.53. The third-order valence-electron chi connectivity index (χ3n) is 5.88. The number of fused-ring (bicyclic) bond motifs is 4. The van der Waals surface area contributed by atoms with Gasteiger partial charge in [0.25, 0.3) is 0 Å². The molecule has 6 nitrogen and oxygen atoms in total. The largest absolute Gasteiger partial charge is 0.310 e. The van der Waals surface area contributed by atoms with Crippen molar-refractivity contribution in [3.63, 3.8) is 0 Å². The molecule has 3 heterocycles. The van der Waals surface area contributed by atoms with Gasteiger partial charge in [0.1, 0.15) is 11.2 Å².